The average Bonchev–Trinajstić information content (AvgIpc) is 2.47. The second kappa shape index (κ2) is 6.61. The van der Waals surface area contributed by atoms with Gasteiger partial charge in [-0.1, -0.05) is 29.4 Å². The Bertz CT molecular complexity index is 608. The Morgan fingerprint density at radius 3 is 2.65 bits per heavy atom. The lowest BCUT2D eigenvalue weighted by molar-refractivity contribution is 0.284. The second-order valence-electron chi connectivity index (χ2n) is 4.37. The molecule has 0 saturated heterocycles. The Morgan fingerprint density at radius 1 is 1.15 bits per heavy atom. The number of nitrogens with zero attached hydrogens (tertiary/aromatic N) is 1. The van der Waals surface area contributed by atoms with Gasteiger partial charge in [0.1, 0.15) is 6.61 Å². The molecule has 1 N–H and O–H groups in total. The highest BCUT2D eigenvalue weighted by Gasteiger charge is 2.06. The third-order valence-corrected chi connectivity index (χ3v) is 3.04. The van der Waals surface area contributed by atoms with E-state index in [1.807, 2.05) is 31.2 Å². The zero-order chi connectivity index (χ0) is 14.4. The minimum Gasteiger partial charge on any atom is -0.493 e. The quantitative estimate of drug-likeness (QED) is 0.515. The molecule has 4 heteroatoms. The van der Waals surface area contributed by atoms with Crippen molar-refractivity contribution in [2.75, 3.05) is 7.11 Å². The Hall–Kier alpha value is -2.49. The summed E-state index contributed by atoms with van der Waals surface area (Å²) >= 11 is 0. The molecule has 20 heavy (non-hydrogen) atoms. The number of hydrogen-bond donors (Lipinski definition) is 1. The first-order chi connectivity index (χ1) is 9.74. The van der Waals surface area contributed by atoms with E-state index in [0.29, 0.717) is 18.1 Å². The molecule has 0 aliphatic rings. The summed E-state index contributed by atoms with van der Waals surface area (Å²) in [4.78, 5) is 0. The third kappa shape index (κ3) is 3.29. The van der Waals surface area contributed by atoms with Crippen molar-refractivity contribution in [3.8, 4) is 11.5 Å². The topological polar surface area (TPSA) is 51.0 Å². The van der Waals surface area contributed by atoms with Crippen LogP contribution in [0.5, 0.6) is 11.5 Å². The van der Waals surface area contributed by atoms with Crippen LogP contribution in [0.1, 0.15) is 16.7 Å². The molecule has 0 saturated carbocycles. The molecular weight excluding hydrogens is 254 g/mol. The monoisotopic (exact) mass is 271 g/mol. The van der Waals surface area contributed by atoms with Crippen LogP contribution in [0.2, 0.25) is 0 Å². The van der Waals surface area contributed by atoms with E-state index in [0.717, 1.165) is 11.1 Å². The minimum absolute atomic E-state index is 0.461. The predicted octanol–water partition coefficient (Wildman–Crippen LogP) is 3.39. The van der Waals surface area contributed by atoms with Gasteiger partial charge in [0.25, 0.3) is 0 Å². The van der Waals surface area contributed by atoms with Gasteiger partial charge in [0, 0.05) is 5.56 Å². The van der Waals surface area contributed by atoms with Crippen LogP contribution in [-0.2, 0) is 6.61 Å². The number of rotatable bonds is 5. The predicted molar refractivity (Wildman–Crippen MR) is 77.9 cm³/mol. The number of hydrogen-bond acceptors (Lipinski definition) is 4. The zero-order valence-electron chi connectivity index (χ0n) is 11.5. The van der Waals surface area contributed by atoms with Gasteiger partial charge < -0.3 is 14.7 Å². The molecule has 0 aliphatic carbocycles. The molecule has 0 aromatic heterocycles. The van der Waals surface area contributed by atoms with Crippen molar-refractivity contribution in [1.82, 2.24) is 0 Å². The first kappa shape index (κ1) is 13.9. The van der Waals surface area contributed by atoms with Gasteiger partial charge in [-0.25, -0.2) is 0 Å². The van der Waals surface area contributed by atoms with E-state index >= 15 is 0 Å². The van der Waals surface area contributed by atoms with Crippen molar-refractivity contribution >= 4 is 6.21 Å². The van der Waals surface area contributed by atoms with Gasteiger partial charge in [-0.2, -0.15) is 0 Å². The Morgan fingerprint density at radius 2 is 1.95 bits per heavy atom. The van der Waals surface area contributed by atoms with Gasteiger partial charge >= 0.3 is 0 Å². The van der Waals surface area contributed by atoms with Crippen molar-refractivity contribution in [3.63, 3.8) is 0 Å². The molecule has 2 aromatic rings. The largest absolute Gasteiger partial charge is 0.493 e. The number of ether oxygens (including phenoxy) is 2. The molecule has 0 radical (unpaired) electrons. The van der Waals surface area contributed by atoms with Crippen LogP contribution in [0.15, 0.2) is 47.6 Å². The molecule has 0 fully saturated rings. The highest BCUT2D eigenvalue weighted by molar-refractivity contribution is 5.80. The standard InChI is InChI=1S/C16H17NO3/c1-12-5-3-4-6-14(12)11-20-16-9-13(10-17-18)7-8-15(16)19-2/h3-10,18H,11H2,1-2H3. The van der Waals surface area contributed by atoms with Crippen LogP contribution in [0.4, 0.5) is 0 Å². The number of oxime groups is 1. The smallest absolute Gasteiger partial charge is 0.162 e. The van der Waals surface area contributed by atoms with Gasteiger partial charge in [0.2, 0.25) is 0 Å². The van der Waals surface area contributed by atoms with E-state index in [1.165, 1.54) is 11.8 Å². The van der Waals surface area contributed by atoms with Gasteiger partial charge in [0.05, 0.1) is 13.3 Å². The Labute approximate surface area is 118 Å². The van der Waals surface area contributed by atoms with Crippen LogP contribution < -0.4 is 9.47 Å². The maximum Gasteiger partial charge on any atom is 0.162 e. The van der Waals surface area contributed by atoms with Crippen molar-refractivity contribution in [2.45, 2.75) is 13.5 Å². The second-order valence-corrected chi connectivity index (χ2v) is 4.37. The SMILES string of the molecule is COc1ccc(C=NO)cc1OCc1ccccc1C. The molecular formula is C16H17NO3. The normalized spacial score (nSPS) is 10.7. The number of benzene rings is 2. The first-order valence-electron chi connectivity index (χ1n) is 6.27. The third-order valence-electron chi connectivity index (χ3n) is 3.04. The van der Waals surface area contributed by atoms with Gasteiger partial charge in [-0.05, 0) is 36.2 Å². The summed E-state index contributed by atoms with van der Waals surface area (Å²) in [5.74, 6) is 1.27. The molecule has 2 aromatic carbocycles. The zero-order valence-corrected chi connectivity index (χ0v) is 11.5. The van der Waals surface area contributed by atoms with Crippen molar-refractivity contribution in [1.29, 1.82) is 0 Å². The van der Waals surface area contributed by atoms with Gasteiger partial charge in [-0.15, -0.1) is 0 Å². The van der Waals surface area contributed by atoms with E-state index < -0.39 is 0 Å². The average molecular weight is 271 g/mol. The molecule has 4 nitrogen and oxygen atoms in total. The maximum atomic E-state index is 8.58. The van der Waals surface area contributed by atoms with E-state index in [2.05, 4.69) is 5.16 Å². The molecule has 0 aliphatic heterocycles. The summed E-state index contributed by atoms with van der Waals surface area (Å²) in [5, 5.41) is 11.6. The van der Waals surface area contributed by atoms with Crippen molar-refractivity contribution in [2.24, 2.45) is 5.16 Å². The molecule has 0 bridgehead atoms. The Balaban J connectivity index is 2.19. The summed E-state index contributed by atoms with van der Waals surface area (Å²) in [6, 6.07) is 13.4. The summed E-state index contributed by atoms with van der Waals surface area (Å²) in [5.41, 5.74) is 3.04. The van der Waals surface area contributed by atoms with E-state index in [9.17, 15) is 0 Å². The maximum absolute atomic E-state index is 8.58. The molecule has 0 atom stereocenters. The lowest BCUT2D eigenvalue weighted by Gasteiger charge is -2.12. The fraction of sp³-hybridized carbons (Fsp3) is 0.188. The lowest BCUT2D eigenvalue weighted by Crippen LogP contribution is -2.00. The molecule has 0 unspecified atom stereocenters. The van der Waals surface area contributed by atoms with Crippen LogP contribution in [0.3, 0.4) is 0 Å². The van der Waals surface area contributed by atoms with Crippen molar-refractivity contribution < 1.29 is 14.7 Å². The fourth-order valence-electron chi connectivity index (χ4n) is 1.88. The van der Waals surface area contributed by atoms with Crippen LogP contribution in [0, 0.1) is 6.92 Å². The highest BCUT2D eigenvalue weighted by Crippen LogP contribution is 2.28. The summed E-state index contributed by atoms with van der Waals surface area (Å²) < 4.78 is 11.1. The van der Waals surface area contributed by atoms with Crippen LogP contribution in [-0.4, -0.2) is 18.5 Å². The molecule has 104 valence electrons. The lowest BCUT2D eigenvalue weighted by atomic mass is 10.1. The molecule has 0 amide bonds. The van der Waals surface area contributed by atoms with E-state index in [-0.39, 0.29) is 0 Å². The number of aryl methyl sites for hydroxylation is 1. The van der Waals surface area contributed by atoms with E-state index in [1.54, 1.807) is 25.3 Å². The molecule has 2 rings (SSSR count). The van der Waals surface area contributed by atoms with E-state index in [4.69, 9.17) is 14.7 Å². The fourth-order valence-corrected chi connectivity index (χ4v) is 1.88. The highest BCUT2D eigenvalue weighted by atomic mass is 16.5. The van der Waals surface area contributed by atoms with Crippen LogP contribution >= 0.6 is 0 Å². The van der Waals surface area contributed by atoms with Crippen LogP contribution in [0.25, 0.3) is 0 Å². The van der Waals surface area contributed by atoms with Gasteiger partial charge in [-0.3, -0.25) is 0 Å². The minimum atomic E-state index is 0.461. The number of methoxy groups -OCH3 is 1. The first-order valence-corrected chi connectivity index (χ1v) is 6.27. The summed E-state index contributed by atoms with van der Waals surface area (Å²) in [6.07, 6.45) is 1.35. The van der Waals surface area contributed by atoms with Gasteiger partial charge in [0.15, 0.2) is 11.5 Å². The van der Waals surface area contributed by atoms with Crippen molar-refractivity contribution in [3.05, 3.63) is 59.2 Å². The molecule has 0 spiro atoms. The summed E-state index contributed by atoms with van der Waals surface area (Å²) in [6.45, 7) is 2.51. The Kier molecular flexibility index (Phi) is 4.60. The molecule has 0 heterocycles. The summed E-state index contributed by atoms with van der Waals surface area (Å²) in [7, 11) is 1.59.